The van der Waals surface area contributed by atoms with Crippen molar-refractivity contribution in [1.82, 2.24) is 14.9 Å². The van der Waals surface area contributed by atoms with Crippen LogP contribution in [0.5, 0.6) is 0 Å². The van der Waals surface area contributed by atoms with Crippen molar-refractivity contribution in [2.45, 2.75) is 65.7 Å². The smallest absolute Gasteiger partial charge is 0.228 e. The monoisotopic (exact) mass is 434 g/mol. The van der Waals surface area contributed by atoms with Crippen LogP contribution in [0.1, 0.15) is 68.6 Å². The molecule has 32 heavy (non-hydrogen) atoms. The first kappa shape index (κ1) is 22.4. The molecule has 2 aliphatic rings. The Morgan fingerprint density at radius 1 is 1.12 bits per heavy atom. The van der Waals surface area contributed by atoms with Crippen LogP contribution in [0.15, 0.2) is 30.3 Å². The molecule has 0 aliphatic carbocycles. The Kier molecular flexibility index (Phi) is 6.31. The van der Waals surface area contributed by atoms with Crippen molar-refractivity contribution in [3.8, 4) is 0 Å². The highest BCUT2D eigenvalue weighted by Gasteiger charge is 2.36. The maximum absolute atomic E-state index is 12.8. The molecular weight excluding hydrogens is 400 g/mol. The summed E-state index contributed by atoms with van der Waals surface area (Å²) in [5.74, 6) is 2.00. The predicted molar refractivity (Wildman–Crippen MR) is 126 cm³/mol. The molecule has 170 valence electrons. The highest BCUT2D eigenvalue weighted by Crippen LogP contribution is 2.33. The molecule has 2 aliphatic heterocycles. The fourth-order valence-corrected chi connectivity index (χ4v) is 4.73. The topological polar surface area (TPSA) is 66.4 Å². The van der Waals surface area contributed by atoms with Crippen molar-refractivity contribution in [1.29, 1.82) is 0 Å². The van der Waals surface area contributed by atoms with Gasteiger partial charge in [-0.3, -0.25) is 14.5 Å². The van der Waals surface area contributed by atoms with Gasteiger partial charge in [-0.25, -0.2) is 9.97 Å². The number of hydrogen-bond acceptors (Lipinski definition) is 4. The number of fused-ring (bicyclic) bond motifs is 1. The van der Waals surface area contributed by atoms with E-state index in [1.807, 2.05) is 43.6 Å². The summed E-state index contributed by atoms with van der Waals surface area (Å²) in [5, 5.41) is 0. The van der Waals surface area contributed by atoms with Crippen molar-refractivity contribution in [2.24, 2.45) is 5.41 Å². The van der Waals surface area contributed by atoms with Gasteiger partial charge in [0.25, 0.3) is 0 Å². The van der Waals surface area contributed by atoms with Crippen LogP contribution < -0.4 is 4.90 Å². The standard InChI is InChI=1S/C26H34N4O2/c1-18-21-12-13-22(31)30(15-8-11-19-9-6-5-7-10-19)24(21)28-23(27-18)20-14-16-29(17-20)25(32)26(2,3)4/h5-7,9-10,20H,8,11-17H2,1-4H3/t20-/m0/s1. The first-order valence-corrected chi connectivity index (χ1v) is 11.7. The second-order valence-corrected chi connectivity index (χ2v) is 10.1. The van der Waals surface area contributed by atoms with Gasteiger partial charge in [-0.2, -0.15) is 0 Å². The molecule has 3 heterocycles. The average Bonchev–Trinajstić information content (AvgIpc) is 3.25. The van der Waals surface area contributed by atoms with Crippen molar-refractivity contribution in [3.63, 3.8) is 0 Å². The van der Waals surface area contributed by atoms with Gasteiger partial charge >= 0.3 is 0 Å². The molecule has 2 aromatic rings. The molecule has 4 rings (SSSR count). The molecule has 6 nitrogen and oxygen atoms in total. The number of anilines is 1. The molecule has 0 N–H and O–H groups in total. The number of carbonyl (C=O) groups excluding carboxylic acids is 2. The summed E-state index contributed by atoms with van der Waals surface area (Å²) in [6.45, 7) is 9.95. The van der Waals surface area contributed by atoms with E-state index in [0.29, 0.717) is 25.9 Å². The third-order valence-corrected chi connectivity index (χ3v) is 6.53. The summed E-state index contributed by atoms with van der Waals surface area (Å²) in [5.41, 5.74) is 2.95. The molecule has 6 heteroatoms. The summed E-state index contributed by atoms with van der Waals surface area (Å²) in [6.07, 6.45) is 3.91. The van der Waals surface area contributed by atoms with Crippen LogP contribution in [-0.4, -0.2) is 46.3 Å². The summed E-state index contributed by atoms with van der Waals surface area (Å²) < 4.78 is 0. The number of carbonyl (C=O) groups is 2. The maximum atomic E-state index is 12.8. The quantitative estimate of drug-likeness (QED) is 0.712. The lowest BCUT2D eigenvalue weighted by Gasteiger charge is -2.30. The number of likely N-dealkylation sites (tertiary alicyclic amines) is 1. The minimum absolute atomic E-state index is 0.119. The van der Waals surface area contributed by atoms with E-state index in [1.165, 1.54) is 5.56 Å². The van der Waals surface area contributed by atoms with Crippen LogP contribution in [0.3, 0.4) is 0 Å². The second-order valence-electron chi connectivity index (χ2n) is 10.1. The van der Waals surface area contributed by atoms with Gasteiger partial charge in [0.1, 0.15) is 11.6 Å². The molecule has 0 radical (unpaired) electrons. The van der Waals surface area contributed by atoms with E-state index in [-0.39, 0.29) is 23.1 Å². The van der Waals surface area contributed by atoms with Crippen LogP contribution in [0.25, 0.3) is 0 Å². The Morgan fingerprint density at radius 2 is 1.88 bits per heavy atom. The molecule has 2 amide bonds. The van der Waals surface area contributed by atoms with Gasteiger partial charge < -0.3 is 4.90 Å². The predicted octanol–water partition coefficient (Wildman–Crippen LogP) is 4.06. The van der Waals surface area contributed by atoms with E-state index in [2.05, 4.69) is 24.3 Å². The van der Waals surface area contributed by atoms with Gasteiger partial charge in [-0.05, 0) is 38.2 Å². The molecule has 0 saturated carbocycles. The molecular formula is C26H34N4O2. The SMILES string of the molecule is Cc1nc([C@H]2CCN(C(=O)C(C)(C)C)C2)nc2c1CCC(=O)N2CCCc1ccccc1. The van der Waals surface area contributed by atoms with Crippen LogP contribution in [0, 0.1) is 12.3 Å². The van der Waals surface area contributed by atoms with E-state index in [4.69, 9.17) is 9.97 Å². The zero-order valence-corrected chi connectivity index (χ0v) is 19.7. The minimum Gasteiger partial charge on any atom is -0.341 e. The Labute approximate surface area is 191 Å². The fourth-order valence-electron chi connectivity index (χ4n) is 4.73. The molecule has 0 unspecified atom stereocenters. The van der Waals surface area contributed by atoms with Gasteiger partial charge in [0.05, 0.1) is 0 Å². The first-order chi connectivity index (χ1) is 15.2. The number of nitrogens with zero attached hydrogens (tertiary/aromatic N) is 4. The molecule has 1 saturated heterocycles. The van der Waals surface area contributed by atoms with Crippen molar-refractivity contribution >= 4 is 17.6 Å². The lowest BCUT2D eigenvalue weighted by molar-refractivity contribution is -0.138. The molecule has 0 spiro atoms. The number of rotatable bonds is 5. The van der Waals surface area contributed by atoms with Gasteiger partial charge in [0, 0.05) is 48.6 Å². The summed E-state index contributed by atoms with van der Waals surface area (Å²) in [7, 11) is 0. The van der Waals surface area contributed by atoms with Crippen LogP contribution in [-0.2, 0) is 22.4 Å². The van der Waals surface area contributed by atoms with Crippen LogP contribution >= 0.6 is 0 Å². The Morgan fingerprint density at radius 3 is 2.59 bits per heavy atom. The third-order valence-electron chi connectivity index (χ3n) is 6.53. The van der Waals surface area contributed by atoms with E-state index in [1.54, 1.807) is 0 Å². The average molecular weight is 435 g/mol. The van der Waals surface area contributed by atoms with Crippen molar-refractivity contribution < 1.29 is 9.59 Å². The van der Waals surface area contributed by atoms with E-state index in [0.717, 1.165) is 48.7 Å². The number of hydrogen-bond donors (Lipinski definition) is 0. The van der Waals surface area contributed by atoms with E-state index >= 15 is 0 Å². The molecule has 1 aromatic carbocycles. The lowest BCUT2D eigenvalue weighted by atomic mass is 9.95. The highest BCUT2D eigenvalue weighted by molar-refractivity contribution is 5.95. The largest absolute Gasteiger partial charge is 0.341 e. The lowest BCUT2D eigenvalue weighted by Crippen LogP contribution is -2.38. The van der Waals surface area contributed by atoms with Crippen molar-refractivity contribution in [3.05, 3.63) is 53.0 Å². The molecule has 1 atom stereocenters. The summed E-state index contributed by atoms with van der Waals surface area (Å²) in [4.78, 5) is 39.1. The van der Waals surface area contributed by atoms with Crippen LogP contribution in [0.2, 0.25) is 0 Å². The third kappa shape index (κ3) is 4.69. The van der Waals surface area contributed by atoms with Gasteiger partial charge in [-0.1, -0.05) is 51.1 Å². The normalized spacial score (nSPS) is 18.8. The zero-order chi connectivity index (χ0) is 22.9. The van der Waals surface area contributed by atoms with E-state index in [9.17, 15) is 9.59 Å². The Balaban J connectivity index is 1.52. The number of benzene rings is 1. The van der Waals surface area contributed by atoms with Crippen molar-refractivity contribution in [2.75, 3.05) is 24.5 Å². The molecule has 1 fully saturated rings. The highest BCUT2D eigenvalue weighted by atomic mass is 16.2. The van der Waals surface area contributed by atoms with Gasteiger partial charge in [0.15, 0.2) is 0 Å². The summed E-state index contributed by atoms with van der Waals surface area (Å²) >= 11 is 0. The van der Waals surface area contributed by atoms with Gasteiger partial charge in [0.2, 0.25) is 11.8 Å². The number of aromatic nitrogens is 2. The number of aryl methyl sites for hydroxylation is 2. The van der Waals surface area contributed by atoms with E-state index < -0.39 is 0 Å². The summed E-state index contributed by atoms with van der Waals surface area (Å²) in [6, 6.07) is 10.4. The number of amides is 2. The Hall–Kier alpha value is -2.76. The van der Waals surface area contributed by atoms with Gasteiger partial charge in [-0.15, -0.1) is 0 Å². The zero-order valence-electron chi connectivity index (χ0n) is 19.7. The minimum atomic E-state index is -0.385. The fraction of sp³-hybridized carbons (Fsp3) is 0.538. The van der Waals surface area contributed by atoms with Crippen LogP contribution in [0.4, 0.5) is 5.82 Å². The maximum Gasteiger partial charge on any atom is 0.228 e. The molecule has 0 bridgehead atoms. The Bertz CT molecular complexity index is 997. The first-order valence-electron chi connectivity index (χ1n) is 11.7. The second kappa shape index (κ2) is 9.00. The molecule has 1 aromatic heterocycles.